The predicted octanol–water partition coefficient (Wildman–Crippen LogP) is 3.37. The van der Waals surface area contributed by atoms with Crippen LogP contribution < -0.4 is 0 Å². The molecule has 0 aliphatic heterocycles. The number of benzene rings is 2. The van der Waals surface area contributed by atoms with Crippen molar-refractivity contribution < 1.29 is 14.6 Å². The van der Waals surface area contributed by atoms with Gasteiger partial charge in [0, 0.05) is 6.54 Å². The number of esters is 1. The first-order valence-electron chi connectivity index (χ1n) is 9.34. The Morgan fingerprint density at radius 3 is 2.83 bits per heavy atom. The maximum Gasteiger partial charge on any atom is 0.338 e. The summed E-state index contributed by atoms with van der Waals surface area (Å²) in [6.07, 6.45) is -1.05. The molecule has 150 valence electrons. The van der Waals surface area contributed by atoms with Gasteiger partial charge in [-0.15, -0.1) is 5.10 Å². The van der Waals surface area contributed by atoms with E-state index in [-0.39, 0.29) is 22.7 Å². The number of nitrogens with zero attached hydrogens (tertiary/aromatic N) is 5. The smallest absolute Gasteiger partial charge is 0.338 e. The summed E-state index contributed by atoms with van der Waals surface area (Å²) in [6, 6.07) is 14.1. The molecule has 9 nitrogen and oxygen atoms in total. The molecular weight excluding hydrogens is 384 g/mol. The number of fused-ring (bicyclic) bond motifs is 2. The second kappa shape index (κ2) is 7.67. The number of ether oxygens (including phenoxy) is 1. The lowest BCUT2D eigenvalue weighted by atomic mass is 10.1. The maximum atomic E-state index is 12.6. The van der Waals surface area contributed by atoms with Crippen LogP contribution in [0.4, 0.5) is 0 Å². The number of aromatic nitrogens is 5. The summed E-state index contributed by atoms with van der Waals surface area (Å²) < 4.78 is 7.08. The van der Waals surface area contributed by atoms with Crippen molar-refractivity contribution in [3.05, 3.63) is 59.6 Å². The fourth-order valence-electron chi connectivity index (χ4n) is 3.12. The first-order chi connectivity index (χ1) is 14.5. The number of H-pyrrole nitrogens is 1. The van der Waals surface area contributed by atoms with E-state index in [4.69, 9.17) is 4.74 Å². The Hall–Kier alpha value is -4.19. The number of carbonyl (C=O) groups excluding carboxylic acids is 1. The molecule has 2 N–H and O–H groups in total. The Morgan fingerprint density at radius 1 is 1.30 bits per heavy atom. The first-order valence-corrected chi connectivity index (χ1v) is 9.34. The second-order valence-corrected chi connectivity index (χ2v) is 6.63. The molecule has 0 saturated carbocycles. The molecule has 0 aliphatic rings. The summed E-state index contributed by atoms with van der Waals surface area (Å²) in [5, 5.41) is 28.1. The van der Waals surface area contributed by atoms with Gasteiger partial charge in [-0.2, -0.15) is 5.26 Å². The molecule has 0 fully saturated rings. The third-order valence-corrected chi connectivity index (χ3v) is 4.71. The van der Waals surface area contributed by atoms with Crippen LogP contribution in [0.25, 0.3) is 27.6 Å². The number of hydrogen-bond donors (Lipinski definition) is 2. The van der Waals surface area contributed by atoms with Crippen molar-refractivity contribution in [2.45, 2.75) is 26.5 Å². The van der Waals surface area contributed by atoms with Crippen LogP contribution in [0.15, 0.2) is 48.2 Å². The van der Waals surface area contributed by atoms with Gasteiger partial charge in [0.1, 0.15) is 17.2 Å². The van der Waals surface area contributed by atoms with Gasteiger partial charge in [0.15, 0.2) is 17.7 Å². The number of aromatic amines is 1. The minimum Gasteiger partial charge on any atom is -0.507 e. The molecule has 0 bridgehead atoms. The number of carbonyl (C=O) groups is 1. The van der Waals surface area contributed by atoms with Crippen LogP contribution in [0.1, 0.15) is 30.0 Å². The number of aliphatic hydroxyl groups is 1. The lowest BCUT2D eigenvalue weighted by Crippen LogP contribution is -2.18. The largest absolute Gasteiger partial charge is 0.507 e. The van der Waals surface area contributed by atoms with Crippen LogP contribution in [-0.2, 0) is 11.3 Å². The van der Waals surface area contributed by atoms with Crippen LogP contribution in [0.2, 0.25) is 0 Å². The molecule has 9 heteroatoms. The zero-order valence-electron chi connectivity index (χ0n) is 16.3. The maximum absolute atomic E-state index is 12.6. The van der Waals surface area contributed by atoms with E-state index in [1.807, 2.05) is 31.2 Å². The van der Waals surface area contributed by atoms with E-state index in [0.29, 0.717) is 17.6 Å². The third kappa shape index (κ3) is 3.35. The van der Waals surface area contributed by atoms with Crippen LogP contribution in [-0.4, -0.2) is 42.1 Å². The van der Waals surface area contributed by atoms with E-state index in [1.54, 1.807) is 28.9 Å². The van der Waals surface area contributed by atoms with Crippen molar-refractivity contribution in [1.29, 1.82) is 5.26 Å². The van der Waals surface area contributed by atoms with Crippen LogP contribution in [0.5, 0.6) is 0 Å². The Kier molecular flexibility index (Phi) is 4.90. The number of imidazole rings is 1. The molecule has 1 atom stereocenters. The molecule has 0 amide bonds. The van der Waals surface area contributed by atoms with Crippen LogP contribution >= 0.6 is 0 Å². The second-order valence-electron chi connectivity index (χ2n) is 6.63. The van der Waals surface area contributed by atoms with Gasteiger partial charge in [-0.3, -0.25) is 0 Å². The number of allylic oxidation sites excluding steroid dienone is 1. The van der Waals surface area contributed by atoms with Gasteiger partial charge in [-0.1, -0.05) is 17.3 Å². The normalized spacial score (nSPS) is 13.1. The number of hydrogen-bond acceptors (Lipinski definition) is 7. The highest BCUT2D eigenvalue weighted by molar-refractivity contribution is 5.94. The van der Waals surface area contributed by atoms with Crippen molar-refractivity contribution in [2.75, 3.05) is 0 Å². The molecule has 0 radical (unpaired) electrons. The van der Waals surface area contributed by atoms with E-state index < -0.39 is 12.1 Å². The van der Waals surface area contributed by atoms with Crippen LogP contribution in [0.3, 0.4) is 0 Å². The molecule has 0 spiro atoms. The fourth-order valence-corrected chi connectivity index (χ4v) is 3.12. The highest BCUT2D eigenvalue weighted by atomic mass is 16.6. The van der Waals surface area contributed by atoms with Gasteiger partial charge < -0.3 is 14.8 Å². The van der Waals surface area contributed by atoms with Gasteiger partial charge in [-0.25, -0.2) is 14.5 Å². The minimum absolute atomic E-state index is 0.0900. The molecule has 30 heavy (non-hydrogen) atoms. The van der Waals surface area contributed by atoms with Crippen molar-refractivity contribution in [2.24, 2.45) is 0 Å². The van der Waals surface area contributed by atoms with Gasteiger partial charge in [-0.05, 0) is 44.2 Å². The van der Waals surface area contributed by atoms with Gasteiger partial charge in [0.2, 0.25) is 0 Å². The lowest BCUT2D eigenvalue weighted by molar-refractivity contribution is 0.0334. The first kappa shape index (κ1) is 19.1. The lowest BCUT2D eigenvalue weighted by Gasteiger charge is -2.13. The van der Waals surface area contributed by atoms with E-state index >= 15 is 0 Å². The zero-order valence-corrected chi connectivity index (χ0v) is 16.3. The van der Waals surface area contributed by atoms with E-state index in [0.717, 1.165) is 11.0 Å². The Bertz CT molecular complexity index is 1290. The number of aliphatic hydroxyl groups excluding tert-OH is 1. The Balaban J connectivity index is 1.59. The quantitative estimate of drug-likeness (QED) is 0.297. The Morgan fingerprint density at radius 2 is 2.10 bits per heavy atom. The molecule has 0 aliphatic carbocycles. The fraction of sp³-hybridized carbons (Fsp3) is 0.190. The summed E-state index contributed by atoms with van der Waals surface area (Å²) in [4.78, 5) is 19.9. The van der Waals surface area contributed by atoms with E-state index in [9.17, 15) is 15.2 Å². The Labute approximate surface area is 171 Å². The average molecular weight is 402 g/mol. The van der Waals surface area contributed by atoms with Crippen molar-refractivity contribution >= 4 is 33.6 Å². The molecule has 4 aromatic rings. The van der Waals surface area contributed by atoms with Gasteiger partial charge >= 0.3 is 5.97 Å². The number of rotatable bonds is 5. The predicted molar refractivity (Wildman–Crippen MR) is 109 cm³/mol. The topological polar surface area (TPSA) is 130 Å². The number of nitrogens with one attached hydrogen (secondary N) is 1. The molecule has 2 aromatic heterocycles. The molecule has 0 saturated heterocycles. The summed E-state index contributed by atoms with van der Waals surface area (Å²) in [7, 11) is 0. The standard InChI is InChI=1S/C21H18N6O3/c1-3-27-18-9-8-13(10-17(18)25-26-27)21(29)30-12(2)19(28)14(11-22)20-23-15-6-4-5-7-16(15)24-20/h4-10,12,28H,3H2,1-2H3,(H,23,24)/b19-14-/t12-/m0/s1. The summed E-state index contributed by atoms with van der Waals surface area (Å²) in [5.41, 5.74) is 2.94. The van der Waals surface area contributed by atoms with Crippen molar-refractivity contribution in [3.8, 4) is 6.07 Å². The average Bonchev–Trinajstić information content (AvgIpc) is 3.37. The van der Waals surface area contributed by atoms with Crippen molar-refractivity contribution in [3.63, 3.8) is 0 Å². The summed E-state index contributed by atoms with van der Waals surface area (Å²) in [5.74, 6) is -0.830. The number of aryl methyl sites for hydroxylation is 1. The summed E-state index contributed by atoms with van der Waals surface area (Å²) in [6.45, 7) is 4.09. The van der Waals surface area contributed by atoms with E-state index in [1.165, 1.54) is 6.92 Å². The molecular formula is C21H18N6O3. The zero-order chi connectivity index (χ0) is 21.3. The third-order valence-electron chi connectivity index (χ3n) is 4.71. The van der Waals surface area contributed by atoms with Crippen molar-refractivity contribution in [1.82, 2.24) is 25.0 Å². The monoisotopic (exact) mass is 402 g/mol. The minimum atomic E-state index is -1.05. The molecule has 2 aromatic carbocycles. The summed E-state index contributed by atoms with van der Waals surface area (Å²) >= 11 is 0. The SMILES string of the molecule is CCn1nnc2cc(C(=O)O[C@@H](C)/C(O)=C(\C#N)c3nc4ccccc4[nH]3)ccc21. The van der Waals surface area contributed by atoms with Gasteiger partial charge in [0.25, 0.3) is 0 Å². The highest BCUT2D eigenvalue weighted by Crippen LogP contribution is 2.22. The van der Waals surface area contributed by atoms with Crippen LogP contribution in [0, 0.1) is 11.3 Å². The molecule has 4 rings (SSSR count). The highest BCUT2D eigenvalue weighted by Gasteiger charge is 2.22. The number of nitriles is 1. The number of para-hydroxylation sites is 2. The molecule has 0 unspecified atom stereocenters. The van der Waals surface area contributed by atoms with Gasteiger partial charge in [0.05, 0.1) is 22.1 Å². The molecule has 2 heterocycles. The van der Waals surface area contributed by atoms with E-state index in [2.05, 4.69) is 20.3 Å².